The highest BCUT2D eigenvalue weighted by atomic mass is 35.5. The van der Waals surface area contributed by atoms with Gasteiger partial charge >= 0.3 is 0 Å². The van der Waals surface area contributed by atoms with Crippen LogP contribution in [0.2, 0.25) is 10.0 Å². The van der Waals surface area contributed by atoms with Crippen LogP contribution in [0.5, 0.6) is 0 Å². The third-order valence-corrected chi connectivity index (χ3v) is 5.01. The van der Waals surface area contributed by atoms with Gasteiger partial charge in [-0.05, 0) is 24.6 Å². The quantitative estimate of drug-likeness (QED) is 0.814. The molecule has 2 aromatic rings. The number of imidazole rings is 1. The first kappa shape index (κ1) is 17.1. The van der Waals surface area contributed by atoms with Gasteiger partial charge in [0.25, 0.3) is 0 Å². The molecule has 0 spiro atoms. The zero-order chi connectivity index (χ0) is 16.9. The molecule has 0 bridgehead atoms. The molecule has 3 rings (SSSR count). The number of nitrogens with zero attached hydrogens (tertiary/aromatic N) is 4. The fourth-order valence-electron chi connectivity index (χ4n) is 2.89. The summed E-state index contributed by atoms with van der Waals surface area (Å²) in [4.78, 5) is 20.5. The zero-order valence-electron chi connectivity index (χ0n) is 13.4. The van der Waals surface area contributed by atoms with Crippen molar-refractivity contribution in [3.63, 3.8) is 0 Å². The molecule has 0 unspecified atom stereocenters. The first-order chi connectivity index (χ1) is 11.6. The van der Waals surface area contributed by atoms with Crippen LogP contribution in [-0.4, -0.2) is 46.5 Å². The Morgan fingerprint density at radius 2 is 1.92 bits per heavy atom. The Kier molecular flexibility index (Phi) is 5.63. The van der Waals surface area contributed by atoms with Gasteiger partial charge in [0.15, 0.2) is 0 Å². The minimum atomic E-state index is 0.226. The molecule has 0 aliphatic carbocycles. The molecule has 128 valence electrons. The second kappa shape index (κ2) is 7.90. The molecule has 1 aliphatic heterocycles. The first-order valence-electron chi connectivity index (χ1n) is 8.07. The molecule has 7 heteroatoms. The fraction of sp³-hybridized carbons (Fsp3) is 0.412. The third kappa shape index (κ3) is 4.22. The van der Waals surface area contributed by atoms with Gasteiger partial charge in [-0.25, -0.2) is 4.98 Å². The predicted molar refractivity (Wildman–Crippen MR) is 96.7 cm³/mol. The van der Waals surface area contributed by atoms with E-state index in [2.05, 4.69) is 9.88 Å². The second-order valence-corrected chi connectivity index (χ2v) is 6.68. The Morgan fingerprint density at radius 1 is 1.12 bits per heavy atom. The van der Waals surface area contributed by atoms with E-state index in [1.807, 2.05) is 33.9 Å². The second-order valence-electron chi connectivity index (χ2n) is 5.87. The SMILES string of the molecule is O=C(CCCn1ccnc1)N1CCN(c2ccc(Cl)c(Cl)c2)CC1. The highest BCUT2D eigenvalue weighted by Crippen LogP contribution is 2.27. The highest BCUT2D eigenvalue weighted by molar-refractivity contribution is 6.42. The van der Waals surface area contributed by atoms with Crippen molar-refractivity contribution in [2.45, 2.75) is 19.4 Å². The number of carbonyl (C=O) groups excluding carboxylic acids is 1. The summed E-state index contributed by atoms with van der Waals surface area (Å²) in [5, 5.41) is 1.12. The van der Waals surface area contributed by atoms with Gasteiger partial charge in [0.2, 0.25) is 5.91 Å². The van der Waals surface area contributed by atoms with Gasteiger partial charge in [-0.3, -0.25) is 4.79 Å². The summed E-state index contributed by atoms with van der Waals surface area (Å²) in [5.41, 5.74) is 1.05. The monoisotopic (exact) mass is 366 g/mol. The number of hydrogen-bond acceptors (Lipinski definition) is 3. The minimum absolute atomic E-state index is 0.226. The van der Waals surface area contributed by atoms with E-state index in [1.54, 1.807) is 12.5 Å². The molecule has 5 nitrogen and oxygen atoms in total. The minimum Gasteiger partial charge on any atom is -0.368 e. The molecule has 1 aromatic heterocycles. The average molecular weight is 367 g/mol. The van der Waals surface area contributed by atoms with Crippen LogP contribution in [0.1, 0.15) is 12.8 Å². The number of piperazine rings is 1. The number of halogens is 2. The zero-order valence-corrected chi connectivity index (χ0v) is 14.9. The van der Waals surface area contributed by atoms with Crippen LogP contribution < -0.4 is 4.90 Å². The third-order valence-electron chi connectivity index (χ3n) is 4.27. The molecule has 0 atom stereocenters. The molecule has 1 aromatic carbocycles. The lowest BCUT2D eigenvalue weighted by molar-refractivity contribution is -0.131. The summed E-state index contributed by atoms with van der Waals surface area (Å²) in [6.07, 6.45) is 6.86. The maximum absolute atomic E-state index is 12.3. The molecule has 1 amide bonds. The number of anilines is 1. The van der Waals surface area contributed by atoms with Crippen molar-refractivity contribution >= 4 is 34.8 Å². The maximum Gasteiger partial charge on any atom is 0.222 e. The Balaban J connectivity index is 1.45. The van der Waals surface area contributed by atoms with Crippen molar-refractivity contribution < 1.29 is 4.79 Å². The molecule has 0 saturated carbocycles. The lowest BCUT2D eigenvalue weighted by Crippen LogP contribution is -2.48. The molecule has 1 saturated heterocycles. The van der Waals surface area contributed by atoms with Crippen molar-refractivity contribution in [3.05, 3.63) is 47.0 Å². The molecular formula is C17H20Cl2N4O. The van der Waals surface area contributed by atoms with Gasteiger partial charge in [0.05, 0.1) is 16.4 Å². The molecule has 24 heavy (non-hydrogen) atoms. The fourth-order valence-corrected chi connectivity index (χ4v) is 3.18. The number of carbonyl (C=O) groups is 1. The number of amides is 1. The number of rotatable bonds is 5. The Morgan fingerprint density at radius 3 is 2.58 bits per heavy atom. The van der Waals surface area contributed by atoms with E-state index >= 15 is 0 Å². The van der Waals surface area contributed by atoms with Gasteiger partial charge in [0, 0.05) is 57.2 Å². The standard InChI is InChI=1S/C17H20Cl2N4O/c18-15-4-3-14(12-16(15)19)22-8-10-23(11-9-22)17(24)2-1-6-21-7-5-20-13-21/h3-5,7,12-13H,1-2,6,8-11H2. The van der Waals surface area contributed by atoms with E-state index in [-0.39, 0.29) is 5.91 Å². The summed E-state index contributed by atoms with van der Waals surface area (Å²) in [5.74, 6) is 0.226. The average Bonchev–Trinajstić information content (AvgIpc) is 3.11. The van der Waals surface area contributed by atoms with Crippen LogP contribution in [0.15, 0.2) is 36.9 Å². The van der Waals surface area contributed by atoms with Gasteiger partial charge < -0.3 is 14.4 Å². The first-order valence-corrected chi connectivity index (χ1v) is 8.82. The molecule has 1 fully saturated rings. The van der Waals surface area contributed by atoms with Crippen LogP contribution >= 0.6 is 23.2 Å². The summed E-state index contributed by atoms with van der Waals surface area (Å²) >= 11 is 12.0. The van der Waals surface area contributed by atoms with Gasteiger partial charge in [-0.1, -0.05) is 23.2 Å². The van der Waals surface area contributed by atoms with Crippen molar-refractivity contribution in [3.8, 4) is 0 Å². The van der Waals surface area contributed by atoms with E-state index in [4.69, 9.17) is 23.2 Å². The number of aryl methyl sites for hydroxylation is 1. The predicted octanol–water partition coefficient (Wildman–Crippen LogP) is 3.32. The van der Waals surface area contributed by atoms with E-state index < -0.39 is 0 Å². The molecule has 1 aliphatic rings. The number of hydrogen-bond donors (Lipinski definition) is 0. The number of benzene rings is 1. The Labute approximate surface area is 151 Å². The van der Waals surface area contributed by atoms with Crippen molar-refractivity contribution in [1.82, 2.24) is 14.5 Å². The van der Waals surface area contributed by atoms with Crippen molar-refractivity contribution in [2.75, 3.05) is 31.1 Å². The number of aromatic nitrogens is 2. The van der Waals surface area contributed by atoms with Gasteiger partial charge in [-0.15, -0.1) is 0 Å². The van der Waals surface area contributed by atoms with Crippen LogP contribution in [-0.2, 0) is 11.3 Å². The largest absolute Gasteiger partial charge is 0.368 e. The normalized spacial score (nSPS) is 14.9. The molecule has 2 heterocycles. The maximum atomic E-state index is 12.3. The lowest BCUT2D eigenvalue weighted by Gasteiger charge is -2.36. The van der Waals surface area contributed by atoms with Gasteiger partial charge in [0.1, 0.15) is 0 Å². The van der Waals surface area contributed by atoms with Crippen LogP contribution in [0.4, 0.5) is 5.69 Å². The van der Waals surface area contributed by atoms with E-state index in [0.717, 1.165) is 44.8 Å². The van der Waals surface area contributed by atoms with E-state index in [1.165, 1.54) is 0 Å². The molecule has 0 N–H and O–H groups in total. The van der Waals surface area contributed by atoms with Crippen LogP contribution in [0.3, 0.4) is 0 Å². The Bertz CT molecular complexity index is 682. The van der Waals surface area contributed by atoms with Gasteiger partial charge in [-0.2, -0.15) is 0 Å². The van der Waals surface area contributed by atoms with E-state index in [0.29, 0.717) is 16.5 Å². The summed E-state index contributed by atoms with van der Waals surface area (Å²) in [6, 6.07) is 5.66. The van der Waals surface area contributed by atoms with E-state index in [9.17, 15) is 4.79 Å². The summed E-state index contributed by atoms with van der Waals surface area (Å²) < 4.78 is 2.00. The molecular weight excluding hydrogens is 347 g/mol. The van der Waals surface area contributed by atoms with Crippen LogP contribution in [0, 0.1) is 0 Å². The smallest absolute Gasteiger partial charge is 0.222 e. The molecule has 0 radical (unpaired) electrons. The van der Waals surface area contributed by atoms with Crippen LogP contribution in [0.25, 0.3) is 0 Å². The summed E-state index contributed by atoms with van der Waals surface area (Å²) in [6.45, 7) is 3.93. The highest BCUT2D eigenvalue weighted by Gasteiger charge is 2.21. The van der Waals surface area contributed by atoms with Crippen molar-refractivity contribution in [2.24, 2.45) is 0 Å². The summed E-state index contributed by atoms with van der Waals surface area (Å²) in [7, 11) is 0. The Hall–Kier alpha value is -1.72. The topological polar surface area (TPSA) is 41.4 Å². The van der Waals surface area contributed by atoms with Crippen molar-refractivity contribution in [1.29, 1.82) is 0 Å². The lowest BCUT2D eigenvalue weighted by atomic mass is 10.2.